The maximum atomic E-state index is 12.9. The molecule has 2 bridgehead atoms. The Morgan fingerprint density at radius 1 is 1.23 bits per heavy atom. The van der Waals surface area contributed by atoms with Crippen molar-refractivity contribution in [1.82, 2.24) is 14.0 Å². The summed E-state index contributed by atoms with van der Waals surface area (Å²) < 4.78 is 77.6. The topological polar surface area (TPSA) is 114 Å². The Kier molecular flexibility index (Phi) is 5.43. The number of oxazole rings is 1. The third-order valence-corrected chi connectivity index (χ3v) is 6.54. The molecule has 0 saturated carbocycles. The fraction of sp³-hybridized carbons (Fsp3) is 0.444. The van der Waals surface area contributed by atoms with E-state index in [0.29, 0.717) is 5.56 Å². The molecule has 1 aromatic carbocycles. The van der Waals surface area contributed by atoms with E-state index in [-0.39, 0.29) is 42.7 Å². The largest absolute Gasteiger partial charge is 0.431 e. The number of morpholine rings is 1. The molecule has 0 spiro atoms. The second kappa shape index (κ2) is 7.80. The van der Waals surface area contributed by atoms with Crippen LogP contribution in [0.4, 0.5) is 24.9 Å². The molecular weight excluding hydrogens is 441 g/mol. The number of aryl methyl sites for hydroxylation is 1. The van der Waals surface area contributed by atoms with Crippen molar-refractivity contribution in [3.05, 3.63) is 41.3 Å². The summed E-state index contributed by atoms with van der Waals surface area (Å²) >= 11 is 0. The zero-order chi connectivity index (χ0) is 22.4. The second-order valence-corrected chi connectivity index (χ2v) is 9.07. The van der Waals surface area contributed by atoms with Crippen molar-refractivity contribution in [2.75, 3.05) is 18.4 Å². The third-order valence-electron chi connectivity index (χ3n) is 5.11. The normalized spacial score (nSPS) is 21.8. The van der Waals surface area contributed by atoms with Gasteiger partial charge < -0.3 is 14.5 Å². The zero-order valence-corrected chi connectivity index (χ0v) is 17.1. The van der Waals surface area contributed by atoms with E-state index in [1.807, 2.05) is 4.72 Å². The van der Waals surface area contributed by atoms with E-state index in [1.54, 1.807) is 6.92 Å². The molecule has 2 N–H and O–H groups in total. The summed E-state index contributed by atoms with van der Waals surface area (Å²) in [5.41, 5.74) is -0.635. The number of halogens is 3. The van der Waals surface area contributed by atoms with Gasteiger partial charge in [-0.2, -0.15) is 30.9 Å². The van der Waals surface area contributed by atoms with Gasteiger partial charge in [-0.3, -0.25) is 4.79 Å². The fourth-order valence-electron chi connectivity index (χ4n) is 3.49. The number of hydrogen-bond donors (Lipinski definition) is 2. The zero-order valence-electron chi connectivity index (χ0n) is 16.3. The van der Waals surface area contributed by atoms with Crippen LogP contribution >= 0.6 is 0 Å². The van der Waals surface area contributed by atoms with Crippen molar-refractivity contribution in [2.45, 2.75) is 38.1 Å². The van der Waals surface area contributed by atoms with Crippen LogP contribution in [0.2, 0.25) is 0 Å². The van der Waals surface area contributed by atoms with Crippen LogP contribution < -0.4 is 10.0 Å². The monoisotopic (exact) mass is 460 g/mol. The lowest BCUT2D eigenvalue weighted by Gasteiger charge is -2.30. The molecule has 2 aromatic rings. The number of aromatic nitrogens is 1. The smallest absolute Gasteiger partial charge is 0.416 e. The molecule has 0 radical (unpaired) electrons. The second-order valence-electron chi connectivity index (χ2n) is 7.40. The highest BCUT2D eigenvalue weighted by Crippen LogP contribution is 2.33. The Labute approximate surface area is 175 Å². The summed E-state index contributed by atoms with van der Waals surface area (Å²) in [5, 5.41) is 2.57. The van der Waals surface area contributed by atoms with Gasteiger partial charge >= 0.3 is 16.4 Å². The number of hydrogen-bond acceptors (Lipinski definition) is 7. The molecule has 2 aliphatic rings. The number of ether oxygens (including phenoxy) is 1. The van der Waals surface area contributed by atoms with Crippen LogP contribution in [0.15, 0.2) is 28.9 Å². The number of amides is 1. The van der Waals surface area contributed by atoms with Gasteiger partial charge in [-0.15, -0.1) is 0 Å². The molecule has 4 rings (SSSR count). The number of nitrogens with zero attached hydrogens (tertiary/aromatic N) is 2. The van der Waals surface area contributed by atoms with Crippen LogP contribution in [0.25, 0.3) is 0 Å². The number of carbonyl (C=O) groups is 1. The lowest BCUT2D eigenvalue weighted by atomic mass is 10.1. The number of fused-ring (bicyclic) bond motifs is 2. The van der Waals surface area contributed by atoms with Crippen LogP contribution in [0.3, 0.4) is 0 Å². The van der Waals surface area contributed by atoms with Gasteiger partial charge in [0.15, 0.2) is 5.69 Å². The van der Waals surface area contributed by atoms with Gasteiger partial charge in [0.1, 0.15) is 6.26 Å². The predicted octanol–water partition coefficient (Wildman–Crippen LogP) is 2.58. The van der Waals surface area contributed by atoms with Gasteiger partial charge in [0.05, 0.1) is 17.8 Å². The number of benzene rings is 1. The molecule has 9 nitrogen and oxygen atoms in total. The van der Waals surface area contributed by atoms with Gasteiger partial charge in [0, 0.05) is 18.8 Å². The van der Waals surface area contributed by atoms with Crippen LogP contribution in [-0.4, -0.2) is 48.9 Å². The summed E-state index contributed by atoms with van der Waals surface area (Å²) in [6, 6.07) is 2.85. The van der Waals surface area contributed by atoms with Crippen LogP contribution in [0.1, 0.15) is 34.5 Å². The summed E-state index contributed by atoms with van der Waals surface area (Å²) in [7, 11) is -4.11. The van der Waals surface area contributed by atoms with E-state index < -0.39 is 27.9 Å². The first kappa shape index (κ1) is 21.6. The average molecular weight is 460 g/mol. The SMILES string of the molecule is Cc1ccc(C(F)(F)F)cc1Nc1nc(C(=O)NS(=O)(=O)N2CC3CCC(C2)O3)co1. The molecule has 2 saturated heterocycles. The molecular formula is C18H19F3N4O5S. The van der Waals surface area contributed by atoms with E-state index in [2.05, 4.69) is 10.3 Å². The minimum absolute atomic E-state index is 0.0834. The van der Waals surface area contributed by atoms with Gasteiger partial charge in [0.2, 0.25) is 0 Å². The van der Waals surface area contributed by atoms with Crippen molar-refractivity contribution in [1.29, 1.82) is 0 Å². The Balaban J connectivity index is 1.45. The molecule has 1 amide bonds. The lowest BCUT2D eigenvalue weighted by Crippen LogP contribution is -2.51. The number of carbonyl (C=O) groups excluding carboxylic acids is 1. The predicted molar refractivity (Wildman–Crippen MR) is 102 cm³/mol. The molecule has 0 aliphatic carbocycles. The van der Waals surface area contributed by atoms with E-state index in [0.717, 1.165) is 35.5 Å². The lowest BCUT2D eigenvalue weighted by molar-refractivity contribution is -0.137. The molecule has 31 heavy (non-hydrogen) atoms. The molecule has 3 heterocycles. The minimum Gasteiger partial charge on any atom is -0.431 e. The van der Waals surface area contributed by atoms with Crippen molar-refractivity contribution in [2.24, 2.45) is 0 Å². The highest BCUT2D eigenvalue weighted by Gasteiger charge is 2.39. The average Bonchev–Trinajstić information content (AvgIpc) is 3.28. The molecule has 1 aromatic heterocycles. The maximum Gasteiger partial charge on any atom is 0.416 e. The quantitative estimate of drug-likeness (QED) is 0.705. The van der Waals surface area contributed by atoms with Crippen molar-refractivity contribution < 1.29 is 35.5 Å². The van der Waals surface area contributed by atoms with E-state index >= 15 is 0 Å². The number of rotatable bonds is 5. The summed E-state index contributed by atoms with van der Waals surface area (Å²) in [4.78, 5) is 16.2. The molecule has 2 unspecified atom stereocenters. The van der Waals surface area contributed by atoms with Gasteiger partial charge in [-0.1, -0.05) is 6.07 Å². The molecule has 13 heteroatoms. The third kappa shape index (κ3) is 4.67. The summed E-state index contributed by atoms with van der Waals surface area (Å²) in [6.07, 6.45) is -2.47. The van der Waals surface area contributed by atoms with E-state index in [1.165, 1.54) is 6.07 Å². The standard InChI is InChI=1S/C18H19F3N4O5S/c1-10-2-3-11(18(19,20)21)6-14(10)22-17-23-15(9-29-17)16(26)24-31(27,28)25-7-12-4-5-13(8-25)30-12/h2-3,6,9,12-13H,4-5,7-8H2,1H3,(H,22,23)(H,24,26). The highest BCUT2D eigenvalue weighted by molar-refractivity contribution is 7.87. The van der Waals surface area contributed by atoms with Crippen LogP contribution in [0.5, 0.6) is 0 Å². The summed E-state index contributed by atoms with van der Waals surface area (Å²) in [5.74, 6) is -1.02. The first-order chi connectivity index (χ1) is 14.5. The van der Waals surface area contributed by atoms with Crippen molar-refractivity contribution in [3.8, 4) is 0 Å². The first-order valence-electron chi connectivity index (χ1n) is 9.39. The van der Waals surface area contributed by atoms with E-state index in [4.69, 9.17) is 9.15 Å². The minimum atomic E-state index is -4.53. The number of nitrogens with one attached hydrogen (secondary N) is 2. The first-order valence-corrected chi connectivity index (χ1v) is 10.8. The fourth-order valence-corrected chi connectivity index (χ4v) is 4.68. The van der Waals surface area contributed by atoms with Gasteiger partial charge in [0.25, 0.3) is 11.9 Å². The number of anilines is 2. The van der Waals surface area contributed by atoms with Crippen LogP contribution in [0, 0.1) is 6.92 Å². The highest BCUT2D eigenvalue weighted by atomic mass is 32.2. The maximum absolute atomic E-state index is 12.9. The van der Waals surface area contributed by atoms with Gasteiger partial charge in [-0.05, 0) is 37.5 Å². The Hall–Kier alpha value is -2.64. The number of alkyl halides is 3. The van der Waals surface area contributed by atoms with Crippen LogP contribution in [-0.2, 0) is 21.1 Å². The Morgan fingerprint density at radius 3 is 2.55 bits per heavy atom. The van der Waals surface area contributed by atoms with E-state index in [9.17, 15) is 26.4 Å². The molecule has 2 atom stereocenters. The Bertz CT molecular complexity index is 1090. The molecule has 2 fully saturated rings. The molecule has 168 valence electrons. The van der Waals surface area contributed by atoms with Crippen molar-refractivity contribution in [3.63, 3.8) is 0 Å². The molecule has 2 aliphatic heterocycles. The summed E-state index contributed by atoms with van der Waals surface area (Å²) in [6.45, 7) is 1.89. The Morgan fingerprint density at radius 2 is 1.90 bits per heavy atom. The van der Waals surface area contributed by atoms with Crippen molar-refractivity contribution >= 4 is 27.8 Å². The van der Waals surface area contributed by atoms with Gasteiger partial charge in [-0.25, -0.2) is 4.72 Å².